The highest BCUT2D eigenvalue weighted by atomic mass is 16.7. The summed E-state index contributed by atoms with van der Waals surface area (Å²) in [5.41, 5.74) is 1.44. The van der Waals surface area contributed by atoms with Gasteiger partial charge in [0.15, 0.2) is 0 Å². The van der Waals surface area contributed by atoms with Crippen LogP contribution in [0.15, 0.2) is 30.3 Å². The van der Waals surface area contributed by atoms with E-state index in [4.69, 9.17) is 14.9 Å². The molecule has 0 aliphatic heterocycles. The van der Waals surface area contributed by atoms with Crippen LogP contribution in [-0.4, -0.2) is 37.4 Å². The van der Waals surface area contributed by atoms with E-state index in [0.29, 0.717) is 12.1 Å². The third-order valence-corrected chi connectivity index (χ3v) is 2.78. The molecule has 18 heavy (non-hydrogen) atoms. The van der Waals surface area contributed by atoms with Crippen molar-refractivity contribution >= 4 is 5.71 Å². The molecule has 0 aromatic heterocycles. The summed E-state index contributed by atoms with van der Waals surface area (Å²) < 4.78 is 10.2. The van der Waals surface area contributed by atoms with Crippen molar-refractivity contribution in [3.8, 4) is 0 Å². The lowest BCUT2D eigenvalue weighted by Crippen LogP contribution is -2.22. The molecule has 1 aromatic carbocycles. The first kappa shape index (κ1) is 14.8. The summed E-state index contributed by atoms with van der Waals surface area (Å²) in [6.45, 7) is 2.07. The van der Waals surface area contributed by atoms with Gasteiger partial charge in [-0.15, -0.1) is 0 Å². The van der Waals surface area contributed by atoms with Crippen LogP contribution in [0, 0.1) is 5.41 Å². The number of hydrogen-bond acceptors (Lipinski definition) is 4. The zero-order valence-electron chi connectivity index (χ0n) is 10.9. The van der Waals surface area contributed by atoms with Gasteiger partial charge in [0.05, 0.1) is 12.7 Å². The molecule has 2 atom stereocenters. The van der Waals surface area contributed by atoms with Gasteiger partial charge in [-0.2, -0.15) is 0 Å². The van der Waals surface area contributed by atoms with E-state index in [-0.39, 0.29) is 25.4 Å². The van der Waals surface area contributed by atoms with Gasteiger partial charge < -0.3 is 20.0 Å². The third-order valence-electron chi connectivity index (χ3n) is 2.78. The Morgan fingerprint density at radius 1 is 1.33 bits per heavy atom. The molecule has 0 amide bonds. The fraction of sp³-hybridized carbons (Fsp3) is 0.500. The van der Waals surface area contributed by atoms with Gasteiger partial charge in [0, 0.05) is 25.2 Å². The molecule has 1 aromatic rings. The number of methoxy groups -OCH3 is 1. The van der Waals surface area contributed by atoms with Crippen molar-refractivity contribution in [2.24, 2.45) is 0 Å². The van der Waals surface area contributed by atoms with Crippen LogP contribution in [0.1, 0.15) is 24.8 Å². The van der Waals surface area contributed by atoms with Crippen molar-refractivity contribution in [2.75, 3.05) is 20.5 Å². The third kappa shape index (κ3) is 4.56. The minimum atomic E-state index is -0.250. The first-order valence-electron chi connectivity index (χ1n) is 6.02. The molecule has 0 aliphatic rings. The van der Waals surface area contributed by atoms with Crippen molar-refractivity contribution in [2.45, 2.75) is 25.4 Å². The normalized spacial score (nSPS) is 14.2. The average molecular weight is 251 g/mol. The van der Waals surface area contributed by atoms with Crippen molar-refractivity contribution in [1.29, 1.82) is 5.41 Å². The van der Waals surface area contributed by atoms with Crippen LogP contribution in [0.4, 0.5) is 0 Å². The minimum absolute atomic E-state index is 0.0557. The number of ether oxygens (including phenoxy) is 2. The van der Waals surface area contributed by atoms with Gasteiger partial charge in [0.2, 0.25) is 0 Å². The molecule has 0 aliphatic carbocycles. The molecule has 4 heteroatoms. The van der Waals surface area contributed by atoms with Gasteiger partial charge >= 0.3 is 0 Å². The van der Waals surface area contributed by atoms with Gasteiger partial charge in [-0.3, -0.25) is 0 Å². The quantitative estimate of drug-likeness (QED) is 0.550. The van der Waals surface area contributed by atoms with Crippen LogP contribution in [0.2, 0.25) is 0 Å². The van der Waals surface area contributed by atoms with Crippen LogP contribution in [0.5, 0.6) is 0 Å². The zero-order chi connectivity index (χ0) is 13.4. The highest BCUT2D eigenvalue weighted by Crippen LogP contribution is 2.19. The fourth-order valence-electron chi connectivity index (χ4n) is 1.80. The monoisotopic (exact) mass is 251 g/mol. The second-order valence-corrected chi connectivity index (χ2v) is 4.26. The molecule has 4 nitrogen and oxygen atoms in total. The Labute approximate surface area is 108 Å². The summed E-state index contributed by atoms with van der Waals surface area (Å²) in [5, 5.41) is 17.5. The van der Waals surface area contributed by atoms with Crippen molar-refractivity contribution in [3.63, 3.8) is 0 Å². The van der Waals surface area contributed by atoms with Gasteiger partial charge in [-0.1, -0.05) is 30.3 Å². The number of aliphatic hydroxyl groups excluding tert-OH is 1. The number of benzene rings is 1. The summed E-state index contributed by atoms with van der Waals surface area (Å²) in [6, 6.07) is 9.60. The largest absolute Gasteiger partial charge is 0.395 e. The van der Waals surface area contributed by atoms with Gasteiger partial charge in [-0.25, -0.2) is 0 Å². The highest BCUT2D eigenvalue weighted by Gasteiger charge is 2.18. The lowest BCUT2D eigenvalue weighted by molar-refractivity contribution is -0.0627. The Kier molecular flexibility index (Phi) is 6.57. The summed E-state index contributed by atoms with van der Waals surface area (Å²) in [6.07, 6.45) is 0.402. The van der Waals surface area contributed by atoms with E-state index in [0.717, 1.165) is 5.56 Å². The Bertz CT molecular complexity index is 353. The lowest BCUT2D eigenvalue weighted by atomic mass is 9.92. The second-order valence-electron chi connectivity index (χ2n) is 4.26. The van der Waals surface area contributed by atoms with E-state index < -0.39 is 0 Å². The molecule has 0 bridgehead atoms. The van der Waals surface area contributed by atoms with E-state index in [1.54, 1.807) is 7.11 Å². The predicted molar refractivity (Wildman–Crippen MR) is 71.0 cm³/mol. The van der Waals surface area contributed by atoms with Crippen LogP contribution < -0.4 is 0 Å². The Morgan fingerprint density at radius 2 is 2.00 bits per heavy atom. The number of rotatable bonds is 8. The Morgan fingerprint density at radius 3 is 2.56 bits per heavy atom. The average Bonchev–Trinajstić information content (AvgIpc) is 2.38. The molecule has 0 fully saturated rings. The van der Waals surface area contributed by atoms with Gasteiger partial charge in [0.25, 0.3) is 0 Å². The smallest absolute Gasteiger partial charge is 0.146 e. The second kappa shape index (κ2) is 7.97. The molecule has 0 saturated heterocycles. The van der Waals surface area contributed by atoms with E-state index in [2.05, 4.69) is 0 Å². The van der Waals surface area contributed by atoms with Crippen LogP contribution >= 0.6 is 0 Å². The van der Waals surface area contributed by atoms with Gasteiger partial charge in [-0.05, 0) is 12.5 Å². The zero-order valence-corrected chi connectivity index (χ0v) is 10.9. The molecular weight excluding hydrogens is 230 g/mol. The van der Waals surface area contributed by atoms with E-state index in [9.17, 15) is 5.11 Å². The van der Waals surface area contributed by atoms with E-state index >= 15 is 0 Å². The van der Waals surface area contributed by atoms with Gasteiger partial charge in [0.1, 0.15) is 6.79 Å². The lowest BCUT2D eigenvalue weighted by Gasteiger charge is -2.19. The molecule has 0 radical (unpaired) electrons. The molecule has 1 rings (SSSR count). The Balaban J connectivity index is 2.58. The SMILES string of the molecule is COCO[C@@H](C)CC(=N)[C@H](CO)c1ccccc1. The summed E-state index contributed by atoms with van der Waals surface area (Å²) in [4.78, 5) is 0. The molecule has 2 N–H and O–H groups in total. The molecule has 0 saturated carbocycles. The highest BCUT2D eigenvalue weighted by molar-refractivity contribution is 5.88. The molecule has 100 valence electrons. The maximum atomic E-state index is 9.43. The predicted octanol–water partition coefficient (Wildman–Crippen LogP) is 2.18. The summed E-state index contributed by atoms with van der Waals surface area (Å²) >= 11 is 0. The standard InChI is InChI=1S/C14H21NO3/c1-11(18-10-17-2)8-14(15)13(9-16)12-6-4-3-5-7-12/h3-7,11,13,15-16H,8-10H2,1-2H3/t11-,13+/m0/s1. The van der Waals surface area contributed by atoms with Crippen molar-refractivity contribution < 1.29 is 14.6 Å². The number of aliphatic hydroxyl groups is 1. The number of nitrogens with one attached hydrogen (secondary N) is 1. The number of hydrogen-bond donors (Lipinski definition) is 2. The summed E-state index contributed by atoms with van der Waals surface area (Å²) in [7, 11) is 1.57. The van der Waals surface area contributed by atoms with Crippen molar-refractivity contribution in [1.82, 2.24) is 0 Å². The minimum Gasteiger partial charge on any atom is -0.395 e. The fourth-order valence-corrected chi connectivity index (χ4v) is 1.80. The first-order valence-corrected chi connectivity index (χ1v) is 6.02. The maximum Gasteiger partial charge on any atom is 0.146 e. The van der Waals surface area contributed by atoms with Crippen LogP contribution in [0.25, 0.3) is 0 Å². The Hall–Kier alpha value is -1.23. The molecule has 0 unspecified atom stereocenters. The summed E-state index contributed by atoms with van der Waals surface area (Å²) in [5.74, 6) is -0.250. The van der Waals surface area contributed by atoms with Crippen LogP contribution in [0.3, 0.4) is 0 Å². The van der Waals surface area contributed by atoms with Crippen molar-refractivity contribution in [3.05, 3.63) is 35.9 Å². The molecule has 0 spiro atoms. The molecular formula is C14H21NO3. The van der Waals surface area contributed by atoms with E-state index in [1.807, 2.05) is 37.3 Å². The topological polar surface area (TPSA) is 62.5 Å². The molecule has 0 heterocycles. The van der Waals surface area contributed by atoms with Crippen LogP contribution in [-0.2, 0) is 9.47 Å². The maximum absolute atomic E-state index is 9.43. The van der Waals surface area contributed by atoms with E-state index in [1.165, 1.54) is 0 Å². The first-order chi connectivity index (χ1) is 8.69.